The molecule has 1 saturated carbocycles. The molecule has 1 aliphatic heterocycles. The maximum Gasteiger partial charge on any atom is 0.191 e. The molecule has 28 heavy (non-hydrogen) atoms. The predicted octanol–water partition coefficient (Wildman–Crippen LogP) is 4.28. The first-order chi connectivity index (χ1) is 13.7. The number of rotatable bonds is 4. The van der Waals surface area contributed by atoms with Crippen molar-refractivity contribution in [2.75, 3.05) is 13.6 Å². The van der Waals surface area contributed by atoms with E-state index in [1.54, 1.807) is 0 Å². The highest BCUT2D eigenvalue weighted by molar-refractivity contribution is 6.29. The van der Waals surface area contributed by atoms with Crippen molar-refractivity contribution < 1.29 is 4.74 Å². The SMILES string of the molecule is CN=C(NCCc1ccc(Cl)nc1)NC1CC2(CCCC2)Oc2ccccc21. The van der Waals surface area contributed by atoms with Gasteiger partial charge in [0, 0.05) is 31.8 Å². The summed E-state index contributed by atoms with van der Waals surface area (Å²) in [6.07, 6.45) is 8.42. The van der Waals surface area contributed by atoms with E-state index in [1.807, 2.05) is 25.4 Å². The van der Waals surface area contributed by atoms with E-state index in [1.165, 1.54) is 18.4 Å². The second-order valence-electron chi connectivity index (χ2n) is 7.67. The smallest absolute Gasteiger partial charge is 0.191 e. The van der Waals surface area contributed by atoms with E-state index in [0.717, 1.165) is 49.5 Å². The summed E-state index contributed by atoms with van der Waals surface area (Å²) < 4.78 is 6.46. The number of aromatic nitrogens is 1. The summed E-state index contributed by atoms with van der Waals surface area (Å²) >= 11 is 5.85. The molecule has 2 heterocycles. The Morgan fingerprint density at radius 3 is 2.82 bits per heavy atom. The summed E-state index contributed by atoms with van der Waals surface area (Å²) in [6.45, 7) is 0.777. The minimum Gasteiger partial charge on any atom is -0.487 e. The molecule has 148 valence electrons. The molecule has 1 aliphatic carbocycles. The van der Waals surface area contributed by atoms with Gasteiger partial charge in [-0.1, -0.05) is 35.9 Å². The lowest BCUT2D eigenvalue weighted by molar-refractivity contribution is 0.0396. The lowest BCUT2D eigenvalue weighted by Crippen LogP contribution is -2.47. The van der Waals surface area contributed by atoms with Crippen molar-refractivity contribution in [1.82, 2.24) is 15.6 Å². The normalized spacial score (nSPS) is 20.5. The van der Waals surface area contributed by atoms with Crippen LogP contribution in [0.1, 0.15) is 49.3 Å². The van der Waals surface area contributed by atoms with Crippen molar-refractivity contribution in [3.8, 4) is 5.75 Å². The average Bonchev–Trinajstić information content (AvgIpc) is 3.16. The summed E-state index contributed by atoms with van der Waals surface area (Å²) in [7, 11) is 1.82. The van der Waals surface area contributed by atoms with Crippen LogP contribution in [0.15, 0.2) is 47.6 Å². The number of hydrogen-bond acceptors (Lipinski definition) is 3. The Bertz CT molecular complexity index is 831. The molecule has 0 saturated heterocycles. The summed E-state index contributed by atoms with van der Waals surface area (Å²) in [5.41, 5.74) is 2.33. The quantitative estimate of drug-likeness (QED) is 0.458. The minimum atomic E-state index is -0.0279. The Morgan fingerprint density at radius 2 is 2.07 bits per heavy atom. The second-order valence-corrected chi connectivity index (χ2v) is 8.06. The third-order valence-corrected chi connectivity index (χ3v) is 5.96. The zero-order valence-corrected chi connectivity index (χ0v) is 17.0. The van der Waals surface area contributed by atoms with Gasteiger partial charge in [0.1, 0.15) is 16.5 Å². The zero-order chi connectivity index (χ0) is 19.4. The van der Waals surface area contributed by atoms with Gasteiger partial charge in [-0.25, -0.2) is 4.98 Å². The number of halogens is 1. The van der Waals surface area contributed by atoms with Gasteiger partial charge in [0.25, 0.3) is 0 Å². The number of nitrogens with zero attached hydrogens (tertiary/aromatic N) is 2. The number of hydrogen-bond donors (Lipinski definition) is 2. The van der Waals surface area contributed by atoms with Crippen LogP contribution in [0.4, 0.5) is 0 Å². The predicted molar refractivity (Wildman–Crippen MR) is 113 cm³/mol. The average molecular weight is 399 g/mol. The molecule has 0 radical (unpaired) electrons. The molecule has 1 fully saturated rings. The summed E-state index contributed by atoms with van der Waals surface area (Å²) in [5.74, 6) is 1.83. The fraction of sp³-hybridized carbons (Fsp3) is 0.455. The van der Waals surface area contributed by atoms with Gasteiger partial charge in [0.15, 0.2) is 5.96 Å². The van der Waals surface area contributed by atoms with Gasteiger partial charge in [-0.2, -0.15) is 0 Å². The fourth-order valence-electron chi connectivity index (χ4n) is 4.31. The van der Waals surface area contributed by atoms with Crippen molar-refractivity contribution >= 4 is 17.6 Å². The van der Waals surface area contributed by atoms with Crippen molar-refractivity contribution in [3.63, 3.8) is 0 Å². The van der Waals surface area contributed by atoms with E-state index < -0.39 is 0 Å². The molecular weight excluding hydrogens is 372 g/mol. The maximum atomic E-state index is 6.46. The minimum absolute atomic E-state index is 0.0279. The first-order valence-electron chi connectivity index (χ1n) is 10.0. The number of benzene rings is 1. The molecule has 2 aromatic rings. The van der Waals surface area contributed by atoms with E-state index >= 15 is 0 Å². The molecule has 0 bridgehead atoms. The van der Waals surface area contributed by atoms with Crippen LogP contribution in [0.25, 0.3) is 0 Å². The van der Waals surface area contributed by atoms with Gasteiger partial charge in [-0.15, -0.1) is 0 Å². The number of fused-ring (bicyclic) bond motifs is 1. The number of guanidine groups is 1. The Hall–Kier alpha value is -2.27. The molecule has 1 spiro atoms. The molecule has 5 nitrogen and oxygen atoms in total. The van der Waals surface area contributed by atoms with Crippen molar-refractivity contribution in [2.45, 2.75) is 50.2 Å². The first kappa shape index (κ1) is 19.1. The molecule has 2 N–H and O–H groups in total. The number of nitrogens with one attached hydrogen (secondary N) is 2. The number of pyridine rings is 1. The Labute approximate surface area is 171 Å². The third kappa shape index (κ3) is 4.25. The van der Waals surface area contributed by atoms with Crippen LogP contribution < -0.4 is 15.4 Å². The molecule has 6 heteroatoms. The highest BCUT2D eigenvalue weighted by Gasteiger charge is 2.43. The van der Waals surface area contributed by atoms with Gasteiger partial charge in [0.2, 0.25) is 0 Å². The first-order valence-corrected chi connectivity index (χ1v) is 10.4. The molecule has 1 aromatic carbocycles. The molecule has 1 aromatic heterocycles. The van der Waals surface area contributed by atoms with Gasteiger partial charge >= 0.3 is 0 Å². The van der Waals surface area contributed by atoms with Gasteiger partial charge < -0.3 is 15.4 Å². The fourth-order valence-corrected chi connectivity index (χ4v) is 4.42. The summed E-state index contributed by atoms with van der Waals surface area (Å²) in [5, 5.41) is 7.58. The monoisotopic (exact) mass is 398 g/mol. The Balaban J connectivity index is 1.41. The van der Waals surface area contributed by atoms with Crippen LogP contribution in [-0.4, -0.2) is 30.1 Å². The number of aliphatic imine (C=N–C) groups is 1. The molecule has 0 amide bonds. The van der Waals surface area contributed by atoms with Crippen LogP contribution in [0, 0.1) is 0 Å². The maximum absolute atomic E-state index is 6.46. The highest BCUT2D eigenvalue weighted by Crippen LogP contribution is 2.46. The number of ether oxygens (including phenoxy) is 1. The van der Waals surface area contributed by atoms with E-state index in [0.29, 0.717) is 5.15 Å². The van der Waals surface area contributed by atoms with Crippen LogP contribution >= 0.6 is 11.6 Å². The molecule has 1 atom stereocenters. The van der Waals surface area contributed by atoms with E-state index in [2.05, 4.69) is 44.9 Å². The lowest BCUT2D eigenvalue weighted by atomic mass is 9.86. The van der Waals surface area contributed by atoms with E-state index in [-0.39, 0.29) is 11.6 Å². The summed E-state index contributed by atoms with van der Waals surface area (Å²) in [6, 6.07) is 12.4. The van der Waals surface area contributed by atoms with E-state index in [9.17, 15) is 0 Å². The van der Waals surface area contributed by atoms with Crippen molar-refractivity contribution in [3.05, 3.63) is 58.9 Å². The van der Waals surface area contributed by atoms with Gasteiger partial charge in [0.05, 0.1) is 6.04 Å². The Morgan fingerprint density at radius 1 is 1.25 bits per heavy atom. The number of para-hydroxylation sites is 1. The van der Waals surface area contributed by atoms with Crippen molar-refractivity contribution in [2.24, 2.45) is 4.99 Å². The van der Waals surface area contributed by atoms with Gasteiger partial charge in [-0.05, 0) is 49.8 Å². The molecule has 2 aliphatic rings. The van der Waals surface area contributed by atoms with Crippen LogP contribution in [0.3, 0.4) is 0 Å². The Kier molecular flexibility index (Phi) is 5.72. The largest absolute Gasteiger partial charge is 0.487 e. The van der Waals surface area contributed by atoms with Gasteiger partial charge in [-0.3, -0.25) is 4.99 Å². The second kappa shape index (κ2) is 8.39. The summed E-state index contributed by atoms with van der Waals surface area (Å²) in [4.78, 5) is 8.57. The highest BCUT2D eigenvalue weighted by atomic mass is 35.5. The van der Waals surface area contributed by atoms with Crippen LogP contribution in [0.5, 0.6) is 5.75 Å². The molecule has 4 rings (SSSR count). The standard InChI is InChI=1S/C22H27ClN4O/c1-24-21(25-13-10-16-8-9-20(23)26-15-16)27-18-14-22(11-4-5-12-22)28-19-7-3-2-6-17(18)19/h2-3,6-9,15,18H,4-5,10-14H2,1H3,(H2,24,25,27). The van der Waals surface area contributed by atoms with Crippen LogP contribution in [0.2, 0.25) is 5.15 Å². The van der Waals surface area contributed by atoms with E-state index in [4.69, 9.17) is 16.3 Å². The van der Waals surface area contributed by atoms with Crippen LogP contribution in [-0.2, 0) is 6.42 Å². The van der Waals surface area contributed by atoms with Crippen molar-refractivity contribution in [1.29, 1.82) is 0 Å². The lowest BCUT2D eigenvalue weighted by Gasteiger charge is -2.40. The zero-order valence-electron chi connectivity index (χ0n) is 16.2. The molecule has 1 unspecified atom stereocenters. The topological polar surface area (TPSA) is 58.5 Å². The molecular formula is C22H27ClN4O. The third-order valence-electron chi connectivity index (χ3n) is 5.74.